The molecule has 3 heterocycles. The predicted octanol–water partition coefficient (Wildman–Crippen LogP) is 5.87. The number of pyridine rings is 1. The molecule has 0 saturated carbocycles. The average molecular weight is 707 g/mol. The summed E-state index contributed by atoms with van der Waals surface area (Å²) in [7, 11) is 1.82. The number of hydrogen-bond acceptors (Lipinski definition) is 7. The van der Waals surface area contributed by atoms with E-state index in [0.29, 0.717) is 35.9 Å². The third-order valence-electron chi connectivity index (χ3n) is 9.25. The molecule has 10 heteroatoms. The van der Waals surface area contributed by atoms with Gasteiger partial charge in [-0.2, -0.15) is 0 Å². The number of nitrogens with zero attached hydrogens (tertiary/aromatic N) is 3. The van der Waals surface area contributed by atoms with Gasteiger partial charge in [-0.3, -0.25) is 9.69 Å². The molecular formula is C41H46N4O5S. The number of ether oxygens (including phenoxy) is 2. The highest BCUT2D eigenvalue weighted by Gasteiger charge is 2.40. The zero-order chi connectivity index (χ0) is 36.1. The third kappa shape index (κ3) is 8.35. The fourth-order valence-electron chi connectivity index (χ4n) is 6.80. The molecule has 0 unspecified atom stereocenters. The molecule has 0 aliphatic carbocycles. The Morgan fingerprint density at radius 3 is 2.43 bits per heavy atom. The van der Waals surface area contributed by atoms with Gasteiger partial charge in [-0.05, 0) is 81.1 Å². The maximum atomic E-state index is 13.9. The second-order valence-electron chi connectivity index (χ2n) is 14.0. The molecule has 1 aromatic heterocycles. The van der Waals surface area contributed by atoms with Crippen molar-refractivity contribution >= 4 is 16.9 Å². The van der Waals surface area contributed by atoms with E-state index in [-0.39, 0.29) is 24.6 Å². The van der Waals surface area contributed by atoms with Gasteiger partial charge >= 0.3 is 0 Å². The second kappa shape index (κ2) is 15.8. The molecule has 0 radical (unpaired) electrons. The lowest BCUT2D eigenvalue weighted by atomic mass is 9.95. The molecule has 51 heavy (non-hydrogen) atoms. The number of aliphatic hydroxyl groups is 1. The van der Waals surface area contributed by atoms with Crippen LogP contribution < -0.4 is 14.8 Å². The summed E-state index contributed by atoms with van der Waals surface area (Å²) in [5.41, 5.74) is 6.31. The number of fused-ring (bicyclic) bond motifs is 1. The molecule has 3 atom stereocenters. The van der Waals surface area contributed by atoms with Crippen LogP contribution in [0.4, 0.5) is 0 Å². The first-order chi connectivity index (χ1) is 24.6. The molecular weight excluding hydrogens is 661 g/mol. The lowest BCUT2D eigenvalue weighted by Crippen LogP contribution is -2.37. The number of aromatic nitrogens is 1. The SMILES string of the molecule is COc1ccc(C#Cc2cccc(-c3nc(C(=O)N[C@@H]4CCN(Cc5ccccc5)C4)cc4c3[C@@H](CCO)N([S@](=O)C(C)(C)C)C4)c2)cc1OC. The number of likely N-dealkylation sites (tertiary alicyclic amines) is 1. The van der Waals surface area contributed by atoms with E-state index in [1.54, 1.807) is 14.2 Å². The first-order valence-corrected chi connectivity index (χ1v) is 18.4. The Morgan fingerprint density at radius 2 is 1.73 bits per heavy atom. The van der Waals surface area contributed by atoms with Gasteiger partial charge in [0.1, 0.15) is 16.7 Å². The van der Waals surface area contributed by atoms with Crippen molar-refractivity contribution in [1.29, 1.82) is 0 Å². The minimum atomic E-state index is -1.36. The normalized spacial score (nSPS) is 18.1. The van der Waals surface area contributed by atoms with E-state index in [2.05, 4.69) is 34.2 Å². The summed E-state index contributed by atoms with van der Waals surface area (Å²) < 4.78 is 26.1. The van der Waals surface area contributed by atoms with Crippen LogP contribution in [0.15, 0.2) is 78.9 Å². The summed E-state index contributed by atoms with van der Waals surface area (Å²) in [6, 6.07) is 25.2. The van der Waals surface area contributed by atoms with E-state index in [0.717, 1.165) is 53.9 Å². The van der Waals surface area contributed by atoms with Gasteiger partial charge in [-0.25, -0.2) is 13.5 Å². The number of benzene rings is 3. The van der Waals surface area contributed by atoms with Crippen LogP contribution in [-0.4, -0.2) is 74.1 Å². The minimum Gasteiger partial charge on any atom is -0.493 e. The molecule has 9 nitrogen and oxygen atoms in total. The van der Waals surface area contributed by atoms with Crippen molar-refractivity contribution in [2.24, 2.45) is 0 Å². The fraction of sp³-hybridized carbons (Fsp3) is 0.366. The number of aliphatic hydroxyl groups excluding tert-OH is 1. The van der Waals surface area contributed by atoms with Crippen LogP contribution in [0.2, 0.25) is 0 Å². The first-order valence-electron chi connectivity index (χ1n) is 17.3. The maximum Gasteiger partial charge on any atom is 0.270 e. The van der Waals surface area contributed by atoms with E-state index in [9.17, 15) is 14.1 Å². The summed E-state index contributed by atoms with van der Waals surface area (Å²) in [6.45, 7) is 8.64. The van der Waals surface area contributed by atoms with E-state index in [1.165, 1.54) is 5.56 Å². The van der Waals surface area contributed by atoms with E-state index in [4.69, 9.17) is 14.5 Å². The monoisotopic (exact) mass is 706 g/mol. The van der Waals surface area contributed by atoms with Gasteiger partial charge in [0.25, 0.3) is 5.91 Å². The zero-order valence-electron chi connectivity index (χ0n) is 29.9. The molecule has 2 aliphatic heterocycles. The van der Waals surface area contributed by atoms with Crippen molar-refractivity contribution in [1.82, 2.24) is 19.5 Å². The van der Waals surface area contributed by atoms with Crippen LogP contribution in [0.25, 0.3) is 11.3 Å². The number of carbonyl (C=O) groups excluding carboxylic acids is 1. The smallest absolute Gasteiger partial charge is 0.270 e. The number of rotatable bonds is 10. The maximum absolute atomic E-state index is 13.9. The van der Waals surface area contributed by atoms with Gasteiger partial charge in [0.2, 0.25) is 0 Å². The summed E-state index contributed by atoms with van der Waals surface area (Å²) in [5, 5.41) is 13.4. The number of hydrogen-bond donors (Lipinski definition) is 2. The van der Waals surface area contributed by atoms with Crippen molar-refractivity contribution in [3.8, 4) is 34.6 Å². The van der Waals surface area contributed by atoms with Gasteiger partial charge in [-0.1, -0.05) is 54.3 Å². The van der Waals surface area contributed by atoms with Crippen molar-refractivity contribution in [3.63, 3.8) is 0 Å². The van der Waals surface area contributed by atoms with Gasteiger partial charge in [0.05, 0.1) is 30.7 Å². The molecule has 0 bridgehead atoms. The molecule has 0 spiro atoms. The zero-order valence-corrected chi connectivity index (χ0v) is 30.8. The van der Waals surface area contributed by atoms with Gasteiger partial charge in [0, 0.05) is 61.1 Å². The van der Waals surface area contributed by atoms with E-state index in [1.807, 2.05) is 91.8 Å². The highest BCUT2D eigenvalue weighted by Crippen LogP contribution is 2.44. The first kappa shape index (κ1) is 36.3. The Bertz CT molecular complexity index is 1970. The Balaban J connectivity index is 1.34. The topological polar surface area (TPSA) is 104 Å². The standard InChI is InChI=1S/C41H46N4O5S/c1-41(2,3)51(48)45-26-32-24-34(40(47)42-33-18-20-44(27-33)25-30-10-7-6-8-11-30)43-39(38(32)35(45)19-21-46)31-13-9-12-28(22-31)14-15-29-16-17-36(49-4)37(23-29)50-5/h6-13,16-17,22-24,33,35,46H,18-21,25-27H2,1-5H3,(H,42,47)/t33-,35-,51-/m1/s1. The number of amides is 1. The molecule has 1 amide bonds. The summed E-state index contributed by atoms with van der Waals surface area (Å²) >= 11 is 0. The van der Waals surface area contributed by atoms with Crippen molar-refractivity contribution in [2.75, 3.05) is 33.9 Å². The quantitative estimate of drug-likeness (QED) is 0.199. The molecule has 2 N–H and O–H groups in total. The number of carbonyl (C=O) groups is 1. The lowest BCUT2D eigenvalue weighted by Gasteiger charge is -2.30. The highest BCUT2D eigenvalue weighted by atomic mass is 32.2. The molecule has 3 aromatic carbocycles. The van der Waals surface area contributed by atoms with Crippen LogP contribution >= 0.6 is 0 Å². The van der Waals surface area contributed by atoms with E-state index >= 15 is 0 Å². The molecule has 1 saturated heterocycles. The van der Waals surface area contributed by atoms with Gasteiger partial charge in [-0.15, -0.1) is 0 Å². The predicted molar refractivity (Wildman–Crippen MR) is 201 cm³/mol. The highest BCUT2D eigenvalue weighted by molar-refractivity contribution is 7.84. The van der Waals surface area contributed by atoms with E-state index < -0.39 is 15.7 Å². The van der Waals surface area contributed by atoms with Crippen molar-refractivity contribution < 1.29 is 23.6 Å². The van der Waals surface area contributed by atoms with Crippen molar-refractivity contribution in [3.05, 3.63) is 112 Å². The summed E-state index contributed by atoms with van der Waals surface area (Å²) in [4.78, 5) is 21.3. The minimum absolute atomic E-state index is 0.00179. The largest absolute Gasteiger partial charge is 0.493 e. The molecule has 1 fully saturated rings. The molecule has 6 rings (SSSR count). The van der Waals surface area contributed by atoms with Crippen molar-refractivity contribution in [2.45, 2.75) is 63.5 Å². The summed E-state index contributed by atoms with van der Waals surface area (Å²) in [6.07, 6.45) is 1.24. The lowest BCUT2D eigenvalue weighted by molar-refractivity contribution is 0.0932. The average Bonchev–Trinajstić information content (AvgIpc) is 3.73. The Hall–Kier alpha value is -4.53. The molecule has 4 aromatic rings. The number of methoxy groups -OCH3 is 2. The van der Waals surface area contributed by atoms with Crippen LogP contribution in [-0.2, 0) is 24.1 Å². The molecule has 266 valence electrons. The Morgan fingerprint density at radius 1 is 0.980 bits per heavy atom. The number of nitrogens with one attached hydrogen (secondary N) is 1. The van der Waals surface area contributed by atoms with Crippen LogP contribution in [0, 0.1) is 11.8 Å². The molecule has 2 aliphatic rings. The van der Waals surface area contributed by atoms with Crippen LogP contribution in [0.3, 0.4) is 0 Å². The third-order valence-corrected chi connectivity index (χ3v) is 11.1. The van der Waals surface area contributed by atoms with Gasteiger partial charge < -0.3 is 19.9 Å². The van der Waals surface area contributed by atoms with Crippen LogP contribution in [0.1, 0.15) is 78.0 Å². The Labute approximate surface area is 303 Å². The van der Waals surface area contributed by atoms with Gasteiger partial charge in [0.15, 0.2) is 11.5 Å². The van der Waals surface area contributed by atoms with Crippen LogP contribution in [0.5, 0.6) is 11.5 Å². The Kier molecular flexibility index (Phi) is 11.2. The second-order valence-corrected chi connectivity index (χ2v) is 16.2. The fourth-order valence-corrected chi connectivity index (χ4v) is 8.20. The summed E-state index contributed by atoms with van der Waals surface area (Å²) in [5.74, 6) is 7.48.